The van der Waals surface area contributed by atoms with Crippen LogP contribution >= 0.6 is 0 Å². The van der Waals surface area contributed by atoms with Crippen LogP contribution in [0.2, 0.25) is 0 Å². The van der Waals surface area contributed by atoms with Gasteiger partial charge in [0.25, 0.3) is 5.56 Å². The van der Waals surface area contributed by atoms with Crippen molar-refractivity contribution < 1.29 is 4.79 Å². The Morgan fingerprint density at radius 1 is 1.73 bits per heavy atom. The molecule has 2 amide bonds. The smallest absolute Gasteiger partial charge is 0.317 e. The molecule has 1 aromatic rings. The Hall–Kier alpha value is -1.85. The molecule has 0 saturated heterocycles. The van der Waals surface area contributed by atoms with Gasteiger partial charge in [0.1, 0.15) is 0 Å². The van der Waals surface area contributed by atoms with Crippen LogP contribution in [0.1, 0.15) is 0 Å². The lowest BCUT2D eigenvalue weighted by atomic mass is 10.6. The number of aromatic amines is 1. The first-order chi connectivity index (χ1) is 5.20. The second-order valence-electron chi connectivity index (χ2n) is 1.76. The summed E-state index contributed by atoms with van der Waals surface area (Å²) >= 11 is 0. The summed E-state index contributed by atoms with van der Waals surface area (Å²) < 4.78 is 0. The molecule has 0 saturated carbocycles. The number of urea groups is 1. The van der Waals surface area contributed by atoms with E-state index in [1.54, 1.807) is 0 Å². The summed E-state index contributed by atoms with van der Waals surface area (Å²) in [5.41, 5.74) is 4.27. The predicted octanol–water partition coefficient (Wildman–Crippen LogP) is -0.739. The number of hydrogen-bond acceptors (Lipinski definition) is 3. The lowest BCUT2D eigenvalue weighted by molar-refractivity contribution is 0.259. The monoisotopic (exact) mass is 154 g/mol. The number of amides is 2. The molecule has 0 spiro atoms. The number of H-pyrrole nitrogens is 1. The van der Waals surface area contributed by atoms with Crippen LogP contribution in [-0.2, 0) is 0 Å². The van der Waals surface area contributed by atoms with E-state index in [4.69, 9.17) is 5.73 Å². The number of rotatable bonds is 1. The van der Waals surface area contributed by atoms with E-state index < -0.39 is 11.6 Å². The highest BCUT2D eigenvalue weighted by atomic mass is 16.2. The number of primary amides is 1. The second kappa shape index (κ2) is 2.82. The minimum Gasteiger partial charge on any atom is -0.351 e. The first-order valence-electron chi connectivity index (χ1n) is 2.80. The second-order valence-corrected chi connectivity index (χ2v) is 1.76. The van der Waals surface area contributed by atoms with E-state index in [9.17, 15) is 9.59 Å². The van der Waals surface area contributed by atoms with Gasteiger partial charge in [-0.05, 0) is 0 Å². The molecule has 0 fully saturated rings. The standard InChI is InChI=1S/C5H6N4O2/c6-5(11)9-3-4(10)8-2-1-7-3/h1-2H,(H,8,10)(H3,6,7,9,11). The normalized spacial score (nSPS) is 9.09. The van der Waals surface area contributed by atoms with E-state index >= 15 is 0 Å². The van der Waals surface area contributed by atoms with Crippen LogP contribution in [-0.4, -0.2) is 16.0 Å². The Morgan fingerprint density at radius 3 is 3.00 bits per heavy atom. The number of carbonyl (C=O) groups is 1. The molecule has 0 aliphatic carbocycles. The highest BCUT2D eigenvalue weighted by Crippen LogP contribution is 1.86. The average Bonchev–Trinajstić information content (AvgIpc) is 1.93. The molecule has 4 N–H and O–H groups in total. The molecule has 0 aliphatic rings. The Bertz CT molecular complexity index is 318. The Labute approximate surface area is 61.4 Å². The molecule has 11 heavy (non-hydrogen) atoms. The summed E-state index contributed by atoms with van der Waals surface area (Å²) in [6.07, 6.45) is 2.70. The third-order valence-corrected chi connectivity index (χ3v) is 0.949. The van der Waals surface area contributed by atoms with Crippen molar-refractivity contribution in [2.24, 2.45) is 5.73 Å². The molecule has 1 heterocycles. The Kier molecular flexibility index (Phi) is 1.86. The van der Waals surface area contributed by atoms with Crippen LogP contribution in [0.4, 0.5) is 10.6 Å². The molecule has 0 aliphatic heterocycles. The zero-order chi connectivity index (χ0) is 8.27. The number of nitrogens with zero attached hydrogens (tertiary/aromatic N) is 1. The fourth-order valence-corrected chi connectivity index (χ4v) is 0.557. The molecule has 0 aromatic carbocycles. The molecule has 1 aromatic heterocycles. The number of anilines is 1. The van der Waals surface area contributed by atoms with Crippen molar-refractivity contribution in [3.8, 4) is 0 Å². The van der Waals surface area contributed by atoms with Crippen LogP contribution in [0, 0.1) is 0 Å². The first kappa shape index (κ1) is 7.26. The molecule has 0 radical (unpaired) electrons. The zero-order valence-corrected chi connectivity index (χ0v) is 5.50. The van der Waals surface area contributed by atoms with Crippen molar-refractivity contribution in [3.05, 3.63) is 22.7 Å². The Morgan fingerprint density at radius 2 is 2.45 bits per heavy atom. The van der Waals surface area contributed by atoms with Gasteiger partial charge in [-0.15, -0.1) is 0 Å². The minimum atomic E-state index is -0.811. The first-order valence-corrected chi connectivity index (χ1v) is 2.80. The van der Waals surface area contributed by atoms with Gasteiger partial charge in [0.05, 0.1) is 0 Å². The average molecular weight is 154 g/mol. The van der Waals surface area contributed by atoms with Gasteiger partial charge >= 0.3 is 6.03 Å². The predicted molar refractivity (Wildman–Crippen MR) is 38.1 cm³/mol. The van der Waals surface area contributed by atoms with Crippen LogP contribution in [0.5, 0.6) is 0 Å². The van der Waals surface area contributed by atoms with Gasteiger partial charge in [-0.2, -0.15) is 0 Å². The van der Waals surface area contributed by atoms with Crippen molar-refractivity contribution in [1.82, 2.24) is 9.97 Å². The lowest BCUT2D eigenvalue weighted by Crippen LogP contribution is -2.25. The number of nitrogens with two attached hydrogens (primary N) is 1. The maximum atomic E-state index is 10.8. The molecule has 0 unspecified atom stereocenters. The summed E-state index contributed by atoms with van der Waals surface area (Å²) in [6.45, 7) is 0. The molecule has 6 nitrogen and oxygen atoms in total. The van der Waals surface area contributed by atoms with E-state index in [0.717, 1.165) is 0 Å². The van der Waals surface area contributed by atoms with E-state index in [2.05, 4.69) is 15.3 Å². The topological polar surface area (TPSA) is 101 Å². The van der Waals surface area contributed by atoms with Crippen molar-refractivity contribution in [1.29, 1.82) is 0 Å². The maximum absolute atomic E-state index is 10.8. The van der Waals surface area contributed by atoms with Crippen molar-refractivity contribution in [3.63, 3.8) is 0 Å². The van der Waals surface area contributed by atoms with Gasteiger partial charge in [0.2, 0.25) is 5.82 Å². The highest BCUT2D eigenvalue weighted by Gasteiger charge is 1.99. The largest absolute Gasteiger partial charge is 0.351 e. The van der Waals surface area contributed by atoms with Gasteiger partial charge in [0, 0.05) is 12.4 Å². The fraction of sp³-hybridized carbons (Fsp3) is 0. The molecule has 0 bridgehead atoms. The molecular formula is C5H6N4O2. The van der Waals surface area contributed by atoms with Crippen LogP contribution in [0.25, 0.3) is 0 Å². The summed E-state index contributed by atoms with van der Waals surface area (Å²) in [6, 6.07) is -0.811. The van der Waals surface area contributed by atoms with Gasteiger partial charge in [-0.1, -0.05) is 0 Å². The third-order valence-electron chi connectivity index (χ3n) is 0.949. The molecule has 1 rings (SSSR count). The lowest BCUT2D eigenvalue weighted by Gasteiger charge is -1.95. The fourth-order valence-electron chi connectivity index (χ4n) is 0.557. The van der Waals surface area contributed by atoms with Crippen LogP contribution in [0.15, 0.2) is 17.2 Å². The SMILES string of the molecule is NC(=O)Nc1ncc[nH]c1=O. The minimum absolute atomic E-state index is 0.0972. The van der Waals surface area contributed by atoms with Gasteiger partial charge < -0.3 is 10.7 Å². The van der Waals surface area contributed by atoms with E-state index in [-0.39, 0.29) is 5.82 Å². The summed E-state index contributed by atoms with van der Waals surface area (Å²) in [5, 5.41) is 2.06. The van der Waals surface area contributed by atoms with Gasteiger partial charge in [-0.25, -0.2) is 9.78 Å². The van der Waals surface area contributed by atoms with Crippen LogP contribution < -0.4 is 16.6 Å². The molecule has 58 valence electrons. The molecule has 0 atom stereocenters. The third kappa shape index (κ3) is 1.78. The maximum Gasteiger partial charge on any atom is 0.317 e. The number of hydrogen-bond donors (Lipinski definition) is 3. The molecular weight excluding hydrogens is 148 g/mol. The van der Waals surface area contributed by atoms with Gasteiger partial charge in [0.15, 0.2) is 0 Å². The van der Waals surface area contributed by atoms with Crippen molar-refractivity contribution >= 4 is 11.8 Å². The van der Waals surface area contributed by atoms with Crippen molar-refractivity contribution in [2.45, 2.75) is 0 Å². The number of aromatic nitrogens is 2. The summed E-state index contributed by atoms with van der Waals surface area (Å²) in [4.78, 5) is 26.9. The highest BCUT2D eigenvalue weighted by molar-refractivity contribution is 5.86. The van der Waals surface area contributed by atoms with E-state index in [1.165, 1.54) is 12.4 Å². The molecule has 6 heteroatoms. The van der Waals surface area contributed by atoms with Crippen LogP contribution in [0.3, 0.4) is 0 Å². The quantitative estimate of drug-likeness (QED) is 0.496. The van der Waals surface area contributed by atoms with E-state index in [0.29, 0.717) is 0 Å². The summed E-state index contributed by atoms with van der Waals surface area (Å²) in [7, 11) is 0. The number of carbonyl (C=O) groups excluding carboxylic acids is 1. The number of nitrogens with one attached hydrogen (secondary N) is 2. The zero-order valence-electron chi connectivity index (χ0n) is 5.50. The summed E-state index contributed by atoms with van der Waals surface area (Å²) in [5.74, 6) is -0.0972. The Balaban J connectivity index is 2.95. The van der Waals surface area contributed by atoms with E-state index in [1.807, 2.05) is 0 Å². The van der Waals surface area contributed by atoms with Gasteiger partial charge in [-0.3, -0.25) is 10.1 Å². The van der Waals surface area contributed by atoms with Crippen molar-refractivity contribution in [2.75, 3.05) is 5.32 Å².